The van der Waals surface area contributed by atoms with E-state index < -0.39 is 5.97 Å². The molecule has 0 aromatic carbocycles. The van der Waals surface area contributed by atoms with Gasteiger partial charge in [0.25, 0.3) is 0 Å². The van der Waals surface area contributed by atoms with E-state index in [-0.39, 0.29) is 12.5 Å². The maximum absolute atomic E-state index is 10.2. The van der Waals surface area contributed by atoms with E-state index in [2.05, 4.69) is 6.58 Å². The molecule has 0 aromatic heterocycles. The van der Waals surface area contributed by atoms with Crippen molar-refractivity contribution in [3.05, 3.63) is 12.7 Å². The molecule has 0 aromatic rings. The summed E-state index contributed by atoms with van der Waals surface area (Å²) in [5.74, 6) is -0.769. The zero-order valence-electron chi connectivity index (χ0n) is 7.45. The molecule has 1 N–H and O–H groups in total. The van der Waals surface area contributed by atoms with Crippen LogP contribution in [0.25, 0.3) is 0 Å². The van der Waals surface area contributed by atoms with Crippen LogP contribution >= 0.6 is 0 Å². The standard InChI is InChI=1S/C9H16O3/c1-3-4-7-12-8(2)5-6-9(10)11/h3,8H,1,4-7H2,2H3,(H,10,11). The molecular formula is C9H16O3. The third kappa shape index (κ3) is 7.28. The van der Waals surface area contributed by atoms with E-state index in [9.17, 15) is 4.79 Å². The Morgan fingerprint density at radius 2 is 2.42 bits per heavy atom. The number of carbonyl (C=O) groups is 1. The summed E-state index contributed by atoms with van der Waals surface area (Å²) in [5, 5.41) is 8.36. The molecule has 0 bridgehead atoms. The molecule has 0 rings (SSSR count). The molecule has 70 valence electrons. The lowest BCUT2D eigenvalue weighted by atomic mass is 10.2. The van der Waals surface area contributed by atoms with E-state index >= 15 is 0 Å². The molecule has 0 fully saturated rings. The highest BCUT2D eigenvalue weighted by Gasteiger charge is 2.04. The Labute approximate surface area is 73.0 Å². The molecule has 0 aliphatic carbocycles. The molecule has 3 heteroatoms. The van der Waals surface area contributed by atoms with E-state index in [1.54, 1.807) is 6.08 Å². The predicted molar refractivity (Wildman–Crippen MR) is 47.1 cm³/mol. The van der Waals surface area contributed by atoms with Gasteiger partial charge in [0.15, 0.2) is 0 Å². The lowest BCUT2D eigenvalue weighted by Gasteiger charge is -2.10. The van der Waals surface area contributed by atoms with Crippen molar-refractivity contribution in [2.75, 3.05) is 6.61 Å². The third-order valence-corrected chi connectivity index (χ3v) is 1.49. The minimum Gasteiger partial charge on any atom is -0.481 e. The van der Waals surface area contributed by atoms with Gasteiger partial charge in [-0.1, -0.05) is 6.08 Å². The Hall–Kier alpha value is -0.830. The number of aliphatic carboxylic acids is 1. The second-order valence-electron chi connectivity index (χ2n) is 2.69. The van der Waals surface area contributed by atoms with E-state index in [0.29, 0.717) is 13.0 Å². The van der Waals surface area contributed by atoms with E-state index in [0.717, 1.165) is 6.42 Å². The van der Waals surface area contributed by atoms with E-state index in [4.69, 9.17) is 9.84 Å². The predicted octanol–water partition coefficient (Wildman–Crippen LogP) is 1.83. The van der Waals surface area contributed by atoms with Crippen LogP contribution in [0.15, 0.2) is 12.7 Å². The summed E-state index contributed by atoms with van der Waals surface area (Å²) in [5.41, 5.74) is 0. The second kappa shape index (κ2) is 6.85. The average Bonchev–Trinajstić information content (AvgIpc) is 2.01. The highest BCUT2D eigenvalue weighted by atomic mass is 16.5. The van der Waals surface area contributed by atoms with Gasteiger partial charge in [0.1, 0.15) is 0 Å². The zero-order valence-corrected chi connectivity index (χ0v) is 7.45. The summed E-state index contributed by atoms with van der Waals surface area (Å²) >= 11 is 0. The minimum atomic E-state index is -0.769. The molecule has 3 nitrogen and oxygen atoms in total. The molecule has 1 unspecified atom stereocenters. The van der Waals surface area contributed by atoms with Gasteiger partial charge in [-0.2, -0.15) is 0 Å². The topological polar surface area (TPSA) is 46.5 Å². The van der Waals surface area contributed by atoms with Crippen LogP contribution in [0.1, 0.15) is 26.2 Å². The van der Waals surface area contributed by atoms with Gasteiger partial charge in [-0.15, -0.1) is 6.58 Å². The fraction of sp³-hybridized carbons (Fsp3) is 0.667. The first-order valence-corrected chi connectivity index (χ1v) is 4.11. The quantitative estimate of drug-likeness (QED) is 0.470. The molecule has 0 aliphatic rings. The Balaban J connectivity index is 3.26. The second-order valence-corrected chi connectivity index (χ2v) is 2.69. The molecule has 0 heterocycles. The number of hydrogen-bond donors (Lipinski definition) is 1. The minimum absolute atomic E-state index is 0.0287. The molecule has 0 amide bonds. The highest BCUT2D eigenvalue weighted by molar-refractivity contribution is 5.66. The van der Waals surface area contributed by atoms with Gasteiger partial charge in [0, 0.05) is 6.42 Å². The van der Waals surface area contributed by atoms with Gasteiger partial charge in [-0.3, -0.25) is 4.79 Å². The van der Waals surface area contributed by atoms with Gasteiger partial charge in [-0.05, 0) is 19.8 Å². The van der Waals surface area contributed by atoms with Gasteiger partial charge in [0.05, 0.1) is 12.7 Å². The van der Waals surface area contributed by atoms with E-state index in [1.807, 2.05) is 6.92 Å². The van der Waals surface area contributed by atoms with Crippen molar-refractivity contribution in [1.82, 2.24) is 0 Å². The van der Waals surface area contributed by atoms with Gasteiger partial charge in [0.2, 0.25) is 0 Å². The first-order chi connectivity index (χ1) is 5.66. The number of hydrogen-bond acceptors (Lipinski definition) is 2. The summed E-state index contributed by atoms with van der Waals surface area (Å²) in [6, 6.07) is 0. The first-order valence-electron chi connectivity index (χ1n) is 4.11. The number of carboxylic acid groups (broad SMARTS) is 1. The molecule has 12 heavy (non-hydrogen) atoms. The molecular weight excluding hydrogens is 156 g/mol. The molecule has 0 spiro atoms. The van der Waals surface area contributed by atoms with Crippen molar-refractivity contribution < 1.29 is 14.6 Å². The fourth-order valence-electron chi connectivity index (χ4n) is 0.763. The number of carboxylic acids is 1. The Bertz CT molecular complexity index is 143. The maximum atomic E-state index is 10.2. The SMILES string of the molecule is C=CCCOC(C)CCC(=O)O. The van der Waals surface area contributed by atoms with Gasteiger partial charge >= 0.3 is 5.97 Å². The van der Waals surface area contributed by atoms with Gasteiger partial charge in [-0.25, -0.2) is 0 Å². The average molecular weight is 172 g/mol. The van der Waals surface area contributed by atoms with Crippen molar-refractivity contribution in [1.29, 1.82) is 0 Å². The first kappa shape index (κ1) is 11.2. The van der Waals surface area contributed by atoms with Crippen LogP contribution in [0.2, 0.25) is 0 Å². The normalized spacial score (nSPS) is 12.4. The maximum Gasteiger partial charge on any atom is 0.303 e. The summed E-state index contributed by atoms with van der Waals surface area (Å²) in [6.45, 7) is 6.07. The Morgan fingerprint density at radius 3 is 2.92 bits per heavy atom. The highest BCUT2D eigenvalue weighted by Crippen LogP contribution is 2.01. The number of rotatable bonds is 7. The van der Waals surface area contributed by atoms with Gasteiger partial charge < -0.3 is 9.84 Å². The third-order valence-electron chi connectivity index (χ3n) is 1.49. The van der Waals surface area contributed by atoms with Crippen molar-refractivity contribution in [3.8, 4) is 0 Å². The van der Waals surface area contributed by atoms with Crippen molar-refractivity contribution >= 4 is 5.97 Å². The lowest BCUT2D eigenvalue weighted by Crippen LogP contribution is -2.11. The molecule has 0 saturated heterocycles. The van der Waals surface area contributed by atoms with Crippen LogP contribution in [0.3, 0.4) is 0 Å². The largest absolute Gasteiger partial charge is 0.481 e. The Kier molecular flexibility index (Phi) is 6.38. The summed E-state index contributed by atoms with van der Waals surface area (Å²) in [4.78, 5) is 10.2. The van der Waals surface area contributed by atoms with Crippen LogP contribution < -0.4 is 0 Å². The summed E-state index contributed by atoms with van der Waals surface area (Å²) in [6.07, 6.45) is 3.38. The van der Waals surface area contributed by atoms with Crippen molar-refractivity contribution in [2.24, 2.45) is 0 Å². The van der Waals surface area contributed by atoms with E-state index in [1.165, 1.54) is 0 Å². The molecule has 1 atom stereocenters. The van der Waals surface area contributed by atoms with Crippen LogP contribution in [-0.2, 0) is 9.53 Å². The van der Waals surface area contributed by atoms with Crippen molar-refractivity contribution in [2.45, 2.75) is 32.3 Å². The molecule has 0 saturated carbocycles. The van der Waals surface area contributed by atoms with Crippen LogP contribution in [0.5, 0.6) is 0 Å². The van der Waals surface area contributed by atoms with Crippen LogP contribution in [0, 0.1) is 0 Å². The van der Waals surface area contributed by atoms with Crippen LogP contribution in [0.4, 0.5) is 0 Å². The van der Waals surface area contributed by atoms with Crippen molar-refractivity contribution in [3.63, 3.8) is 0 Å². The summed E-state index contributed by atoms with van der Waals surface area (Å²) < 4.78 is 5.30. The monoisotopic (exact) mass is 172 g/mol. The fourth-order valence-corrected chi connectivity index (χ4v) is 0.763. The smallest absolute Gasteiger partial charge is 0.303 e. The molecule has 0 radical (unpaired) electrons. The number of ether oxygens (including phenoxy) is 1. The Morgan fingerprint density at radius 1 is 1.75 bits per heavy atom. The summed E-state index contributed by atoms with van der Waals surface area (Å²) in [7, 11) is 0. The molecule has 0 aliphatic heterocycles. The lowest BCUT2D eigenvalue weighted by molar-refractivity contribution is -0.137. The van der Waals surface area contributed by atoms with Crippen LogP contribution in [-0.4, -0.2) is 23.8 Å². The zero-order chi connectivity index (χ0) is 9.40.